The molecule has 2 rings (SSSR count). The number of aryl methyl sites for hydroxylation is 1. The quantitative estimate of drug-likeness (QED) is 0.685. The molecule has 2 aromatic rings. The number of benzene rings is 1. The van der Waals surface area contributed by atoms with Crippen LogP contribution in [0.25, 0.3) is 0 Å². The van der Waals surface area contributed by atoms with Crippen LogP contribution in [0.15, 0.2) is 48.8 Å². The van der Waals surface area contributed by atoms with Crippen LogP contribution in [-0.2, 0) is 0 Å². The Hall–Kier alpha value is -2.36. The van der Waals surface area contributed by atoms with Crippen molar-refractivity contribution in [2.45, 2.75) is 26.3 Å². The van der Waals surface area contributed by atoms with E-state index in [2.05, 4.69) is 5.32 Å². The number of carbonyl (C=O) groups excluding carboxylic acids is 1. The van der Waals surface area contributed by atoms with Crippen molar-refractivity contribution in [3.05, 3.63) is 70.7 Å². The summed E-state index contributed by atoms with van der Waals surface area (Å²) in [5.74, 6) is -0.168. The third-order valence-electron chi connectivity index (χ3n) is 3.26. The summed E-state index contributed by atoms with van der Waals surface area (Å²) in [5.41, 5.74) is 2.77. The van der Waals surface area contributed by atoms with Crippen LogP contribution in [0.3, 0.4) is 0 Å². The molecule has 1 N–H and O–H groups in total. The van der Waals surface area contributed by atoms with Gasteiger partial charge in [-0.1, -0.05) is 36.8 Å². The number of amides is 1. The standard InChI is InChI=1S/C16H18N2O2/c1-3-15(13-6-4-12(2)5-7-13)17-16(19)14-8-10-18(20)11-9-14/h4-11,15H,3H2,1-2H3,(H,17,19). The van der Waals surface area contributed by atoms with Crippen molar-refractivity contribution in [2.75, 3.05) is 0 Å². The third kappa shape index (κ3) is 3.35. The summed E-state index contributed by atoms with van der Waals surface area (Å²) < 4.78 is 0.661. The van der Waals surface area contributed by atoms with E-state index < -0.39 is 0 Å². The average molecular weight is 270 g/mol. The summed E-state index contributed by atoms with van der Waals surface area (Å²) in [6.45, 7) is 4.06. The Labute approximate surface area is 118 Å². The van der Waals surface area contributed by atoms with Gasteiger partial charge in [0, 0.05) is 12.1 Å². The molecule has 20 heavy (non-hydrogen) atoms. The molecule has 1 heterocycles. The fourth-order valence-electron chi connectivity index (χ4n) is 2.03. The SMILES string of the molecule is CCC(NC(=O)c1cc[n+]([O-])cc1)c1ccc(C)cc1. The van der Waals surface area contributed by atoms with Gasteiger partial charge in [0.2, 0.25) is 0 Å². The minimum absolute atomic E-state index is 0.0253. The van der Waals surface area contributed by atoms with E-state index in [9.17, 15) is 10.0 Å². The number of nitrogens with one attached hydrogen (secondary N) is 1. The average Bonchev–Trinajstić information content (AvgIpc) is 2.46. The summed E-state index contributed by atoms with van der Waals surface area (Å²) in [6, 6.07) is 11.1. The molecule has 1 aromatic heterocycles. The minimum Gasteiger partial charge on any atom is -0.619 e. The zero-order chi connectivity index (χ0) is 14.5. The van der Waals surface area contributed by atoms with Gasteiger partial charge in [-0.25, -0.2) is 0 Å². The van der Waals surface area contributed by atoms with Gasteiger partial charge in [0.25, 0.3) is 5.91 Å². The van der Waals surface area contributed by atoms with Gasteiger partial charge in [-0.2, -0.15) is 4.73 Å². The Kier molecular flexibility index (Phi) is 4.35. The van der Waals surface area contributed by atoms with E-state index >= 15 is 0 Å². The summed E-state index contributed by atoms with van der Waals surface area (Å²) in [5, 5.41) is 13.9. The number of nitrogens with zero attached hydrogens (tertiary/aromatic N) is 1. The van der Waals surface area contributed by atoms with Gasteiger partial charge in [0.1, 0.15) is 0 Å². The molecular formula is C16H18N2O2. The molecular weight excluding hydrogens is 252 g/mol. The van der Waals surface area contributed by atoms with Crippen LogP contribution in [0.1, 0.15) is 40.9 Å². The molecule has 0 saturated heterocycles. The summed E-state index contributed by atoms with van der Waals surface area (Å²) in [6.07, 6.45) is 3.45. The number of hydrogen-bond donors (Lipinski definition) is 1. The second kappa shape index (κ2) is 6.19. The lowest BCUT2D eigenvalue weighted by Gasteiger charge is -2.17. The molecule has 0 radical (unpaired) electrons. The van der Waals surface area contributed by atoms with Gasteiger partial charge >= 0.3 is 0 Å². The first-order valence-corrected chi connectivity index (χ1v) is 6.66. The molecule has 0 aliphatic heterocycles. The van der Waals surface area contributed by atoms with Crippen LogP contribution in [0.2, 0.25) is 0 Å². The smallest absolute Gasteiger partial charge is 0.252 e. The largest absolute Gasteiger partial charge is 0.619 e. The van der Waals surface area contributed by atoms with E-state index in [0.29, 0.717) is 10.3 Å². The van der Waals surface area contributed by atoms with Crippen LogP contribution < -0.4 is 10.0 Å². The maximum absolute atomic E-state index is 12.1. The Balaban J connectivity index is 2.11. The van der Waals surface area contributed by atoms with Crippen molar-refractivity contribution in [3.63, 3.8) is 0 Å². The lowest BCUT2D eigenvalue weighted by atomic mass is 10.0. The highest BCUT2D eigenvalue weighted by Gasteiger charge is 2.14. The second-order valence-corrected chi connectivity index (χ2v) is 4.79. The Morgan fingerprint density at radius 1 is 1.20 bits per heavy atom. The number of rotatable bonds is 4. The van der Waals surface area contributed by atoms with Crippen molar-refractivity contribution in [1.29, 1.82) is 0 Å². The first-order chi connectivity index (χ1) is 9.60. The number of hydrogen-bond acceptors (Lipinski definition) is 2. The molecule has 4 nitrogen and oxygen atoms in total. The first kappa shape index (κ1) is 14.1. The maximum atomic E-state index is 12.1. The summed E-state index contributed by atoms with van der Waals surface area (Å²) >= 11 is 0. The molecule has 1 aromatic carbocycles. The predicted octanol–water partition coefficient (Wildman–Crippen LogP) is 2.51. The Morgan fingerprint density at radius 3 is 2.35 bits per heavy atom. The summed E-state index contributed by atoms with van der Waals surface area (Å²) in [4.78, 5) is 12.1. The minimum atomic E-state index is -0.168. The van der Waals surface area contributed by atoms with Crippen molar-refractivity contribution in [3.8, 4) is 0 Å². The highest BCUT2D eigenvalue weighted by molar-refractivity contribution is 5.94. The Bertz CT molecular complexity index is 576. The van der Waals surface area contributed by atoms with E-state index in [1.807, 2.05) is 38.1 Å². The van der Waals surface area contributed by atoms with Crippen LogP contribution in [-0.4, -0.2) is 5.91 Å². The first-order valence-electron chi connectivity index (χ1n) is 6.66. The topological polar surface area (TPSA) is 56.0 Å². The summed E-state index contributed by atoms with van der Waals surface area (Å²) in [7, 11) is 0. The molecule has 104 valence electrons. The normalized spacial score (nSPS) is 11.9. The van der Waals surface area contributed by atoms with Gasteiger partial charge in [-0.15, -0.1) is 0 Å². The van der Waals surface area contributed by atoms with E-state index in [1.165, 1.54) is 30.1 Å². The predicted molar refractivity (Wildman–Crippen MR) is 77.1 cm³/mol. The molecule has 0 aliphatic rings. The second-order valence-electron chi connectivity index (χ2n) is 4.79. The lowest BCUT2D eigenvalue weighted by Crippen LogP contribution is -2.30. The number of carbonyl (C=O) groups is 1. The van der Waals surface area contributed by atoms with Crippen molar-refractivity contribution < 1.29 is 9.52 Å². The fourth-order valence-corrected chi connectivity index (χ4v) is 2.03. The van der Waals surface area contributed by atoms with Crippen LogP contribution in [0.5, 0.6) is 0 Å². The number of pyridine rings is 1. The highest BCUT2D eigenvalue weighted by Crippen LogP contribution is 2.17. The Morgan fingerprint density at radius 2 is 1.80 bits per heavy atom. The number of aromatic nitrogens is 1. The van der Waals surface area contributed by atoms with Gasteiger partial charge in [-0.3, -0.25) is 4.79 Å². The highest BCUT2D eigenvalue weighted by atomic mass is 16.5. The molecule has 4 heteroatoms. The van der Waals surface area contributed by atoms with Gasteiger partial charge in [-0.05, 0) is 18.9 Å². The van der Waals surface area contributed by atoms with Gasteiger partial charge < -0.3 is 10.5 Å². The molecule has 0 fully saturated rings. The van der Waals surface area contributed by atoms with Crippen LogP contribution in [0, 0.1) is 12.1 Å². The molecule has 0 saturated carbocycles. The van der Waals surface area contributed by atoms with Gasteiger partial charge in [0.15, 0.2) is 12.4 Å². The fraction of sp³-hybridized carbons (Fsp3) is 0.250. The third-order valence-corrected chi connectivity index (χ3v) is 3.26. The molecule has 1 atom stereocenters. The molecule has 1 amide bonds. The monoisotopic (exact) mass is 270 g/mol. The van der Waals surface area contributed by atoms with Crippen molar-refractivity contribution in [1.82, 2.24) is 5.32 Å². The van der Waals surface area contributed by atoms with E-state index in [-0.39, 0.29) is 11.9 Å². The van der Waals surface area contributed by atoms with Crippen LogP contribution in [0.4, 0.5) is 0 Å². The molecule has 0 aliphatic carbocycles. The zero-order valence-corrected chi connectivity index (χ0v) is 11.7. The van der Waals surface area contributed by atoms with Crippen LogP contribution >= 0.6 is 0 Å². The van der Waals surface area contributed by atoms with Crippen molar-refractivity contribution >= 4 is 5.91 Å². The van der Waals surface area contributed by atoms with Crippen molar-refractivity contribution in [2.24, 2.45) is 0 Å². The van der Waals surface area contributed by atoms with E-state index in [1.54, 1.807) is 0 Å². The van der Waals surface area contributed by atoms with E-state index in [0.717, 1.165) is 12.0 Å². The zero-order valence-electron chi connectivity index (χ0n) is 11.7. The maximum Gasteiger partial charge on any atom is 0.252 e. The van der Waals surface area contributed by atoms with Gasteiger partial charge in [0.05, 0.1) is 11.6 Å². The molecule has 0 bridgehead atoms. The lowest BCUT2D eigenvalue weighted by molar-refractivity contribution is -0.605. The molecule has 1 unspecified atom stereocenters. The molecule has 0 spiro atoms. The van der Waals surface area contributed by atoms with E-state index in [4.69, 9.17) is 0 Å².